The van der Waals surface area contributed by atoms with E-state index in [0.717, 1.165) is 31.5 Å². The molecule has 4 aromatic rings. The van der Waals surface area contributed by atoms with Crippen molar-refractivity contribution >= 4 is 41.1 Å². The van der Waals surface area contributed by atoms with Crippen LogP contribution >= 0.6 is 11.6 Å². The Morgan fingerprint density at radius 1 is 1.00 bits per heavy atom. The van der Waals surface area contributed by atoms with Gasteiger partial charge in [-0.2, -0.15) is 4.68 Å². The van der Waals surface area contributed by atoms with Gasteiger partial charge in [0.1, 0.15) is 12.4 Å². The lowest BCUT2D eigenvalue weighted by Crippen LogP contribution is -2.61. The number of anilines is 1. The van der Waals surface area contributed by atoms with Crippen LogP contribution in [0.3, 0.4) is 0 Å². The Morgan fingerprint density at radius 3 is 2.43 bits per heavy atom. The average Bonchev–Trinajstić information content (AvgIpc) is 3.62. The number of benzene rings is 3. The van der Waals surface area contributed by atoms with Crippen molar-refractivity contribution in [3.05, 3.63) is 107 Å². The predicted molar refractivity (Wildman–Crippen MR) is 177 cm³/mol. The van der Waals surface area contributed by atoms with Crippen LogP contribution in [0.1, 0.15) is 46.7 Å². The fourth-order valence-electron chi connectivity index (χ4n) is 6.48. The van der Waals surface area contributed by atoms with Crippen molar-refractivity contribution < 1.29 is 19.5 Å². The van der Waals surface area contributed by atoms with E-state index >= 15 is 0 Å². The molecule has 3 aromatic carbocycles. The summed E-state index contributed by atoms with van der Waals surface area (Å²) in [7, 11) is 0. The van der Waals surface area contributed by atoms with E-state index in [-0.39, 0.29) is 35.4 Å². The molecule has 6 rings (SSSR count). The average molecular weight is 655 g/mol. The minimum Gasteiger partial charge on any atom is -0.478 e. The molecule has 3 unspecified atom stereocenters. The quantitative estimate of drug-likeness (QED) is 0.240. The van der Waals surface area contributed by atoms with Gasteiger partial charge in [0.15, 0.2) is 0 Å². The van der Waals surface area contributed by atoms with E-state index in [4.69, 9.17) is 17.3 Å². The van der Waals surface area contributed by atoms with Crippen LogP contribution in [-0.4, -0.2) is 90.7 Å². The van der Waals surface area contributed by atoms with Crippen LogP contribution in [0, 0.1) is 0 Å². The molecule has 12 nitrogen and oxygen atoms in total. The van der Waals surface area contributed by atoms with Gasteiger partial charge in [0, 0.05) is 46.9 Å². The second-order valence-corrected chi connectivity index (χ2v) is 12.3. The SMILES string of the molecule is NC1CCN(C2CC(c3ccccc3)C(C(=O)Nc3ccc(C(=O)O)cc3)N(C(=O)C=Cc3cc(Cl)ccc3-n3cnnn3)C2)CC1. The van der Waals surface area contributed by atoms with E-state index in [1.165, 1.54) is 29.2 Å². The molecular formula is C34H35ClN8O4. The summed E-state index contributed by atoms with van der Waals surface area (Å²) in [5.74, 6) is -2.08. The zero-order chi connectivity index (χ0) is 32.9. The number of nitrogens with zero attached hydrogens (tertiary/aromatic N) is 6. The summed E-state index contributed by atoms with van der Waals surface area (Å²) in [6.45, 7) is 1.97. The van der Waals surface area contributed by atoms with Crippen molar-refractivity contribution in [1.82, 2.24) is 30.0 Å². The third-order valence-corrected chi connectivity index (χ3v) is 9.15. The molecule has 2 aliphatic rings. The molecule has 0 radical (unpaired) electrons. The zero-order valence-corrected chi connectivity index (χ0v) is 26.3. The summed E-state index contributed by atoms with van der Waals surface area (Å²) >= 11 is 6.32. The van der Waals surface area contributed by atoms with Gasteiger partial charge in [-0.1, -0.05) is 41.9 Å². The number of halogens is 1. The smallest absolute Gasteiger partial charge is 0.335 e. The zero-order valence-electron chi connectivity index (χ0n) is 25.5. The molecule has 1 aromatic heterocycles. The molecule has 2 fully saturated rings. The number of likely N-dealkylation sites (tertiary alicyclic amines) is 2. The maximum absolute atomic E-state index is 14.3. The normalized spacial score (nSPS) is 20.7. The number of carbonyl (C=O) groups is 3. The minimum absolute atomic E-state index is 0.00640. The summed E-state index contributed by atoms with van der Waals surface area (Å²) in [4.78, 5) is 43.9. The van der Waals surface area contributed by atoms with E-state index in [1.807, 2.05) is 30.3 Å². The van der Waals surface area contributed by atoms with Crippen LogP contribution in [0.2, 0.25) is 5.02 Å². The lowest BCUT2D eigenvalue weighted by Gasteiger charge is -2.48. The Kier molecular flexibility index (Phi) is 9.71. The number of hydrogen-bond donors (Lipinski definition) is 3. The van der Waals surface area contributed by atoms with Crippen LogP contribution in [0.4, 0.5) is 5.69 Å². The van der Waals surface area contributed by atoms with Crippen molar-refractivity contribution in [2.45, 2.75) is 43.3 Å². The molecule has 13 heteroatoms. The Hall–Kier alpha value is -4.91. The van der Waals surface area contributed by atoms with Gasteiger partial charge >= 0.3 is 5.97 Å². The summed E-state index contributed by atoms with van der Waals surface area (Å²) in [5, 5.41) is 24.2. The van der Waals surface area contributed by atoms with E-state index in [2.05, 4.69) is 25.7 Å². The molecule has 0 saturated carbocycles. The van der Waals surface area contributed by atoms with Gasteiger partial charge in [0.25, 0.3) is 0 Å². The van der Waals surface area contributed by atoms with E-state index < -0.39 is 12.0 Å². The van der Waals surface area contributed by atoms with Crippen molar-refractivity contribution in [1.29, 1.82) is 0 Å². The number of carbonyl (C=O) groups excluding carboxylic acids is 2. The highest BCUT2D eigenvalue weighted by Crippen LogP contribution is 2.37. The van der Waals surface area contributed by atoms with Crippen LogP contribution in [-0.2, 0) is 9.59 Å². The van der Waals surface area contributed by atoms with Gasteiger partial charge < -0.3 is 21.1 Å². The Labute approximate surface area is 276 Å². The lowest BCUT2D eigenvalue weighted by atomic mass is 9.80. The fraction of sp³-hybridized carbons (Fsp3) is 0.294. The molecule has 2 saturated heterocycles. The van der Waals surface area contributed by atoms with Crippen molar-refractivity contribution in [3.63, 3.8) is 0 Å². The number of nitrogens with two attached hydrogens (primary N) is 1. The van der Waals surface area contributed by atoms with E-state index in [9.17, 15) is 19.5 Å². The predicted octanol–water partition coefficient (Wildman–Crippen LogP) is 3.84. The molecule has 0 aliphatic carbocycles. The molecule has 2 amide bonds. The molecule has 47 heavy (non-hydrogen) atoms. The number of nitrogens with one attached hydrogen (secondary N) is 1. The van der Waals surface area contributed by atoms with Gasteiger partial charge in [-0.05, 0) is 96.9 Å². The largest absolute Gasteiger partial charge is 0.478 e. The number of hydrogen-bond acceptors (Lipinski definition) is 8. The molecule has 0 bridgehead atoms. The topological polar surface area (TPSA) is 160 Å². The van der Waals surface area contributed by atoms with Crippen LogP contribution in [0.15, 0.2) is 85.2 Å². The number of rotatable bonds is 8. The van der Waals surface area contributed by atoms with Crippen LogP contribution in [0.5, 0.6) is 0 Å². The number of amides is 2. The van der Waals surface area contributed by atoms with Gasteiger partial charge in [0.2, 0.25) is 11.8 Å². The van der Waals surface area contributed by atoms with Crippen LogP contribution < -0.4 is 11.1 Å². The van der Waals surface area contributed by atoms with Crippen molar-refractivity contribution in [2.24, 2.45) is 5.73 Å². The molecule has 2 aliphatic heterocycles. The Balaban J connectivity index is 1.36. The summed E-state index contributed by atoms with van der Waals surface area (Å²) in [6, 6.07) is 20.2. The standard InChI is InChI=1S/C34H35ClN8O4/c35-25-9-12-30(43-21-37-39-40-43)24(18-25)8-13-31(44)42-20-28(41-16-14-26(36)15-17-41)19-29(22-4-2-1-3-5-22)32(42)33(45)38-27-10-6-23(7-11-27)34(46)47/h1-13,18,21,26,28-29,32H,14-17,19-20,36H2,(H,38,45)(H,46,47). The van der Waals surface area contributed by atoms with Gasteiger partial charge in [-0.25, -0.2) is 4.79 Å². The second kappa shape index (κ2) is 14.2. The summed E-state index contributed by atoms with van der Waals surface area (Å²) < 4.78 is 1.48. The van der Waals surface area contributed by atoms with Crippen molar-refractivity contribution in [3.8, 4) is 5.69 Å². The number of carboxylic acid groups (broad SMARTS) is 1. The number of aromatic nitrogens is 4. The van der Waals surface area contributed by atoms with Gasteiger partial charge in [0.05, 0.1) is 11.3 Å². The van der Waals surface area contributed by atoms with Gasteiger partial charge in [-0.3, -0.25) is 14.5 Å². The second-order valence-electron chi connectivity index (χ2n) is 11.9. The molecule has 3 heterocycles. The van der Waals surface area contributed by atoms with Gasteiger partial charge in [-0.15, -0.1) is 5.10 Å². The van der Waals surface area contributed by atoms with E-state index in [0.29, 0.717) is 34.9 Å². The first-order valence-electron chi connectivity index (χ1n) is 15.5. The van der Waals surface area contributed by atoms with E-state index in [1.54, 1.807) is 41.3 Å². The lowest BCUT2D eigenvalue weighted by molar-refractivity contribution is -0.139. The highest BCUT2D eigenvalue weighted by Gasteiger charge is 2.44. The molecule has 0 spiro atoms. The molecule has 242 valence electrons. The highest BCUT2D eigenvalue weighted by atomic mass is 35.5. The Bertz CT molecular complexity index is 1740. The number of aromatic carboxylic acids is 1. The number of carboxylic acids is 1. The third kappa shape index (κ3) is 7.40. The summed E-state index contributed by atoms with van der Waals surface area (Å²) in [6.07, 6.45) is 6.97. The fourth-order valence-corrected chi connectivity index (χ4v) is 6.66. The monoisotopic (exact) mass is 654 g/mol. The molecular weight excluding hydrogens is 620 g/mol. The van der Waals surface area contributed by atoms with Crippen molar-refractivity contribution in [2.75, 3.05) is 25.0 Å². The first-order valence-corrected chi connectivity index (χ1v) is 15.8. The highest BCUT2D eigenvalue weighted by molar-refractivity contribution is 6.30. The number of tetrazole rings is 1. The number of piperidine rings is 2. The molecule has 4 N–H and O–H groups in total. The molecule has 3 atom stereocenters. The van der Waals surface area contributed by atoms with Crippen LogP contribution in [0.25, 0.3) is 11.8 Å². The minimum atomic E-state index is -1.06. The first kappa shape index (κ1) is 32.0. The maximum Gasteiger partial charge on any atom is 0.335 e. The summed E-state index contributed by atoms with van der Waals surface area (Å²) in [5.41, 5.74) is 8.97. The maximum atomic E-state index is 14.3. The first-order chi connectivity index (χ1) is 22.8. The Morgan fingerprint density at radius 2 is 1.74 bits per heavy atom. The third-order valence-electron chi connectivity index (χ3n) is 8.91.